The molecule has 31 heavy (non-hydrogen) atoms. The minimum atomic E-state index is -3.47. The molecule has 0 unspecified atom stereocenters. The Balaban J connectivity index is 1.42. The summed E-state index contributed by atoms with van der Waals surface area (Å²) in [6, 6.07) is 16.9. The molecule has 0 saturated carbocycles. The van der Waals surface area contributed by atoms with Gasteiger partial charge in [-0.15, -0.1) is 0 Å². The summed E-state index contributed by atoms with van der Waals surface area (Å²) in [7, 11) is -3.47. The molecule has 1 fully saturated rings. The molecule has 9 heteroatoms. The lowest BCUT2D eigenvalue weighted by Crippen LogP contribution is -2.48. The Bertz CT molecular complexity index is 1150. The Morgan fingerprint density at radius 2 is 1.68 bits per heavy atom. The number of anilines is 3. The first-order chi connectivity index (χ1) is 15.0. The van der Waals surface area contributed by atoms with E-state index in [1.807, 2.05) is 61.5 Å². The number of benzene rings is 1. The van der Waals surface area contributed by atoms with Crippen LogP contribution in [0, 0.1) is 6.92 Å². The summed E-state index contributed by atoms with van der Waals surface area (Å²) >= 11 is 0. The second-order valence-corrected chi connectivity index (χ2v) is 8.96. The third-order valence-corrected chi connectivity index (χ3v) is 6.46. The summed E-state index contributed by atoms with van der Waals surface area (Å²) in [6.45, 7) is 3.74. The first-order valence-electron chi connectivity index (χ1n) is 10.0. The number of nitrogens with one attached hydrogen (secondary N) is 1. The number of rotatable bonds is 6. The number of sulfonamides is 1. The molecule has 0 aliphatic carbocycles. The zero-order chi connectivity index (χ0) is 21.7. The van der Waals surface area contributed by atoms with E-state index in [0.717, 1.165) is 11.4 Å². The SMILES string of the molecule is Cc1nc(Nc2ccccn2)cc(N2CCN(S(=O)(=O)/C=C/c3ccccc3)CC2)n1. The second kappa shape index (κ2) is 9.23. The maximum Gasteiger partial charge on any atom is 0.236 e. The van der Waals surface area contributed by atoms with Crippen LogP contribution in [0.5, 0.6) is 0 Å². The van der Waals surface area contributed by atoms with E-state index in [-0.39, 0.29) is 0 Å². The molecule has 8 nitrogen and oxygen atoms in total. The van der Waals surface area contributed by atoms with Gasteiger partial charge in [0, 0.05) is 43.9 Å². The number of hydrogen-bond acceptors (Lipinski definition) is 7. The molecule has 0 atom stereocenters. The third kappa shape index (κ3) is 5.44. The average molecular weight is 437 g/mol. The van der Waals surface area contributed by atoms with Crippen molar-refractivity contribution in [2.24, 2.45) is 0 Å². The predicted octanol–water partition coefficient (Wildman–Crippen LogP) is 3.05. The Hall–Kier alpha value is -3.30. The fourth-order valence-electron chi connectivity index (χ4n) is 3.33. The molecule has 160 valence electrons. The van der Waals surface area contributed by atoms with Crippen molar-refractivity contribution in [3.63, 3.8) is 0 Å². The van der Waals surface area contributed by atoms with Gasteiger partial charge in [0.1, 0.15) is 23.3 Å². The van der Waals surface area contributed by atoms with Crippen molar-refractivity contribution in [1.29, 1.82) is 0 Å². The smallest absolute Gasteiger partial charge is 0.236 e. The van der Waals surface area contributed by atoms with E-state index < -0.39 is 10.0 Å². The Kier molecular flexibility index (Phi) is 6.24. The van der Waals surface area contributed by atoms with E-state index in [1.54, 1.807) is 12.3 Å². The lowest BCUT2D eigenvalue weighted by atomic mass is 10.2. The number of aryl methyl sites for hydroxylation is 1. The Labute approximate surface area is 182 Å². The topological polar surface area (TPSA) is 91.3 Å². The van der Waals surface area contributed by atoms with Gasteiger partial charge in [-0.1, -0.05) is 36.4 Å². The summed E-state index contributed by atoms with van der Waals surface area (Å²) in [5, 5.41) is 4.46. The lowest BCUT2D eigenvalue weighted by molar-refractivity contribution is 0.388. The molecule has 3 heterocycles. The van der Waals surface area contributed by atoms with Crippen LogP contribution in [0.1, 0.15) is 11.4 Å². The highest BCUT2D eigenvalue weighted by Crippen LogP contribution is 2.21. The standard InChI is InChI=1S/C22H24N6O2S/c1-18-24-21(26-20-9-5-6-11-23-20)17-22(25-18)27-12-14-28(15-13-27)31(29,30)16-10-19-7-3-2-4-8-19/h2-11,16-17H,12-15H2,1H3,(H,23,24,25,26)/b16-10+. The molecule has 1 aliphatic rings. The van der Waals surface area contributed by atoms with Crippen molar-refractivity contribution in [3.8, 4) is 0 Å². The van der Waals surface area contributed by atoms with E-state index in [2.05, 4.69) is 25.2 Å². The van der Waals surface area contributed by atoms with Crippen LogP contribution in [0.25, 0.3) is 6.08 Å². The van der Waals surface area contributed by atoms with Gasteiger partial charge in [-0.3, -0.25) is 0 Å². The van der Waals surface area contributed by atoms with Gasteiger partial charge in [0.2, 0.25) is 10.0 Å². The van der Waals surface area contributed by atoms with E-state index in [1.165, 1.54) is 9.71 Å². The molecule has 1 N–H and O–H groups in total. The minimum Gasteiger partial charge on any atom is -0.354 e. The fraction of sp³-hybridized carbons (Fsp3) is 0.227. The van der Waals surface area contributed by atoms with Crippen LogP contribution < -0.4 is 10.2 Å². The van der Waals surface area contributed by atoms with Crippen molar-refractivity contribution in [2.45, 2.75) is 6.92 Å². The molecule has 0 spiro atoms. The van der Waals surface area contributed by atoms with Crippen LogP contribution in [0.15, 0.2) is 66.2 Å². The van der Waals surface area contributed by atoms with Crippen LogP contribution in [-0.4, -0.2) is 53.9 Å². The maximum atomic E-state index is 12.7. The molecule has 4 rings (SSSR count). The summed E-state index contributed by atoms with van der Waals surface area (Å²) < 4.78 is 26.9. The highest BCUT2D eigenvalue weighted by Gasteiger charge is 2.26. The van der Waals surface area contributed by atoms with Crippen LogP contribution >= 0.6 is 0 Å². The van der Waals surface area contributed by atoms with Gasteiger partial charge in [-0.2, -0.15) is 4.31 Å². The van der Waals surface area contributed by atoms with Gasteiger partial charge in [0.15, 0.2) is 0 Å². The molecule has 0 radical (unpaired) electrons. The van der Waals surface area contributed by atoms with E-state index in [4.69, 9.17) is 0 Å². The molecule has 1 saturated heterocycles. The van der Waals surface area contributed by atoms with Gasteiger partial charge in [-0.05, 0) is 30.7 Å². The summed E-state index contributed by atoms with van der Waals surface area (Å²) in [6.07, 6.45) is 3.34. The number of nitrogens with zero attached hydrogens (tertiary/aromatic N) is 5. The van der Waals surface area contributed by atoms with Crippen molar-refractivity contribution in [1.82, 2.24) is 19.3 Å². The largest absolute Gasteiger partial charge is 0.354 e. The van der Waals surface area contributed by atoms with Gasteiger partial charge in [-0.25, -0.2) is 23.4 Å². The number of aromatic nitrogens is 3. The molecular formula is C22H24N6O2S. The molecule has 1 aliphatic heterocycles. The van der Waals surface area contributed by atoms with Crippen LogP contribution in [0.2, 0.25) is 0 Å². The molecule has 0 bridgehead atoms. The fourth-order valence-corrected chi connectivity index (χ4v) is 4.51. The lowest BCUT2D eigenvalue weighted by Gasteiger charge is -2.34. The summed E-state index contributed by atoms with van der Waals surface area (Å²) in [5.74, 6) is 2.76. The number of hydrogen-bond donors (Lipinski definition) is 1. The average Bonchev–Trinajstić information content (AvgIpc) is 2.79. The molecule has 1 aromatic carbocycles. The monoisotopic (exact) mass is 436 g/mol. The normalized spacial score (nSPS) is 15.3. The first kappa shape index (κ1) is 21.0. The Morgan fingerprint density at radius 1 is 0.935 bits per heavy atom. The third-order valence-electron chi connectivity index (χ3n) is 4.90. The molecular weight excluding hydrogens is 412 g/mol. The molecule has 3 aromatic rings. The van der Waals surface area contributed by atoms with Gasteiger partial charge < -0.3 is 10.2 Å². The Morgan fingerprint density at radius 3 is 2.39 bits per heavy atom. The second-order valence-electron chi connectivity index (χ2n) is 7.14. The highest BCUT2D eigenvalue weighted by atomic mass is 32.2. The molecule has 0 amide bonds. The van der Waals surface area contributed by atoms with Crippen LogP contribution in [0.4, 0.5) is 17.5 Å². The summed E-state index contributed by atoms with van der Waals surface area (Å²) in [4.78, 5) is 15.3. The quantitative estimate of drug-likeness (QED) is 0.635. The van der Waals surface area contributed by atoms with Crippen LogP contribution in [0.3, 0.4) is 0 Å². The predicted molar refractivity (Wildman–Crippen MR) is 122 cm³/mol. The van der Waals surface area contributed by atoms with Crippen molar-refractivity contribution >= 4 is 33.6 Å². The zero-order valence-corrected chi connectivity index (χ0v) is 18.0. The van der Waals surface area contributed by atoms with E-state index in [9.17, 15) is 8.42 Å². The minimum absolute atomic E-state index is 0.396. The first-order valence-corrected chi connectivity index (χ1v) is 11.5. The van der Waals surface area contributed by atoms with Crippen molar-refractivity contribution in [2.75, 3.05) is 36.4 Å². The van der Waals surface area contributed by atoms with Crippen LogP contribution in [-0.2, 0) is 10.0 Å². The number of piperazine rings is 1. The number of pyridine rings is 1. The van der Waals surface area contributed by atoms with E-state index >= 15 is 0 Å². The molecule has 2 aromatic heterocycles. The zero-order valence-electron chi connectivity index (χ0n) is 17.2. The summed E-state index contributed by atoms with van der Waals surface area (Å²) in [5.41, 5.74) is 0.856. The van der Waals surface area contributed by atoms with Crippen molar-refractivity contribution in [3.05, 3.63) is 77.6 Å². The van der Waals surface area contributed by atoms with Gasteiger partial charge >= 0.3 is 0 Å². The maximum absolute atomic E-state index is 12.7. The highest BCUT2D eigenvalue weighted by molar-refractivity contribution is 7.92. The van der Waals surface area contributed by atoms with E-state index in [0.29, 0.717) is 43.6 Å². The van der Waals surface area contributed by atoms with Crippen molar-refractivity contribution < 1.29 is 8.42 Å². The van der Waals surface area contributed by atoms with Gasteiger partial charge in [0.25, 0.3) is 0 Å². The van der Waals surface area contributed by atoms with Gasteiger partial charge in [0.05, 0.1) is 0 Å².